The van der Waals surface area contributed by atoms with Gasteiger partial charge in [-0.2, -0.15) is 0 Å². The summed E-state index contributed by atoms with van der Waals surface area (Å²) in [5.74, 6) is 0.282. The standard InChI is InChI=1S/C14H18N2O3/c1-14(2,3)15-9-12(17)16(13(15)18)10-7-5-6-8-11(10)19-4/h5-8H,9H2,1-4H3. The molecule has 1 saturated heterocycles. The molecule has 1 heterocycles. The molecule has 5 nitrogen and oxygen atoms in total. The van der Waals surface area contributed by atoms with Crippen LogP contribution >= 0.6 is 0 Å². The molecule has 19 heavy (non-hydrogen) atoms. The van der Waals surface area contributed by atoms with Crippen LogP contribution in [0.4, 0.5) is 10.5 Å². The molecule has 2 rings (SSSR count). The maximum Gasteiger partial charge on any atom is 0.332 e. The Hall–Kier alpha value is -2.04. The SMILES string of the molecule is COc1ccccc1N1C(=O)CN(C(C)(C)C)C1=O. The lowest BCUT2D eigenvalue weighted by atomic mass is 10.1. The molecule has 3 amide bonds. The van der Waals surface area contributed by atoms with E-state index in [9.17, 15) is 9.59 Å². The van der Waals surface area contributed by atoms with Gasteiger partial charge in [-0.25, -0.2) is 9.69 Å². The second kappa shape index (κ2) is 4.57. The summed E-state index contributed by atoms with van der Waals surface area (Å²) in [6.45, 7) is 5.82. The zero-order valence-corrected chi connectivity index (χ0v) is 11.6. The number of anilines is 1. The van der Waals surface area contributed by atoms with E-state index in [1.165, 1.54) is 12.0 Å². The molecule has 0 bridgehead atoms. The number of carbonyl (C=O) groups excluding carboxylic acids is 2. The molecule has 1 aliphatic rings. The van der Waals surface area contributed by atoms with E-state index < -0.39 is 0 Å². The van der Waals surface area contributed by atoms with Gasteiger partial charge in [0.15, 0.2) is 0 Å². The molecule has 0 saturated carbocycles. The average Bonchev–Trinajstić information content (AvgIpc) is 2.64. The highest BCUT2D eigenvalue weighted by Gasteiger charge is 2.43. The molecule has 102 valence electrons. The molecule has 0 aliphatic carbocycles. The maximum absolute atomic E-state index is 12.4. The third-order valence-corrected chi connectivity index (χ3v) is 3.10. The monoisotopic (exact) mass is 262 g/mol. The molecule has 0 aromatic heterocycles. The number of hydrogen-bond acceptors (Lipinski definition) is 3. The van der Waals surface area contributed by atoms with Crippen molar-refractivity contribution in [1.82, 2.24) is 4.90 Å². The third-order valence-electron chi connectivity index (χ3n) is 3.10. The lowest BCUT2D eigenvalue weighted by Gasteiger charge is -2.30. The van der Waals surface area contributed by atoms with E-state index in [-0.39, 0.29) is 24.0 Å². The number of nitrogens with zero attached hydrogens (tertiary/aromatic N) is 2. The number of ether oxygens (including phenoxy) is 1. The van der Waals surface area contributed by atoms with Gasteiger partial charge in [0.25, 0.3) is 5.91 Å². The van der Waals surface area contributed by atoms with Crippen LogP contribution in [-0.2, 0) is 4.79 Å². The molecular weight excluding hydrogens is 244 g/mol. The van der Waals surface area contributed by atoms with Gasteiger partial charge in [0.05, 0.1) is 12.8 Å². The van der Waals surface area contributed by atoms with Gasteiger partial charge in [0.1, 0.15) is 12.3 Å². The van der Waals surface area contributed by atoms with Crippen LogP contribution in [0, 0.1) is 0 Å². The van der Waals surface area contributed by atoms with Gasteiger partial charge < -0.3 is 9.64 Å². The minimum atomic E-state index is -0.385. The normalized spacial score (nSPS) is 16.2. The first-order chi connectivity index (χ1) is 8.86. The first kappa shape index (κ1) is 13.4. The Morgan fingerprint density at radius 3 is 2.32 bits per heavy atom. The topological polar surface area (TPSA) is 49.9 Å². The molecule has 1 aromatic rings. The fourth-order valence-electron chi connectivity index (χ4n) is 2.08. The number of carbonyl (C=O) groups is 2. The molecular formula is C14H18N2O3. The summed E-state index contributed by atoms with van der Waals surface area (Å²) in [7, 11) is 1.52. The highest BCUT2D eigenvalue weighted by molar-refractivity contribution is 6.20. The highest BCUT2D eigenvalue weighted by atomic mass is 16.5. The summed E-state index contributed by atoms with van der Waals surface area (Å²) in [5, 5.41) is 0. The Balaban J connectivity index is 2.41. The lowest BCUT2D eigenvalue weighted by Crippen LogP contribution is -2.44. The maximum atomic E-state index is 12.4. The van der Waals surface area contributed by atoms with Crippen molar-refractivity contribution in [3.05, 3.63) is 24.3 Å². The van der Waals surface area contributed by atoms with Crippen molar-refractivity contribution < 1.29 is 14.3 Å². The minimum absolute atomic E-state index is 0.0976. The van der Waals surface area contributed by atoms with Gasteiger partial charge in [0.2, 0.25) is 0 Å². The number of para-hydroxylation sites is 2. The van der Waals surface area contributed by atoms with Crippen LogP contribution in [0.3, 0.4) is 0 Å². The second-order valence-corrected chi connectivity index (χ2v) is 5.44. The van der Waals surface area contributed by atoms with Gasteiger partial charge >= 0.3 is 6.03 Å². The molecule has 0 spiro atoms. The van der Waals surface area contributed by atoms with E-state index in [0.717, 1.165) is 0 Å². The van der Waals surface area contributed by atoms with Crippen molar-refractivity contribution in [2.24, 2.45) is 0 Å². The summed E-state index contributed by atoms with van der Waals surface area (Å²) < 4.78 is 5.21. The quantitative estimate of drug-likeness (QED) is 0.768. The number of imide groups is 1. The molecule has 1 aliphatic heterocycles. The third kappa shape index (κ3) is 2.28. The van der Waals surface area contributed by atoms with E-state index in [1.807, 2.05) is 20.8 Å². The summed E-state index contributed by atoms with van der Waals surface area (Å²) in [6.07, 6.45) is 0. The second-order valence-electron chi connectivity index (χ2n) is 5.44. The van der Waals surface area contributed by atoms with Crippen molar-refractivity contribution in [3.8, 4) is 5.75 Å². The van der Waals surface area contributed by atoms with E-state index in [1.54, 1.807) is 29.2 Å². The van der Waals surface area contributed by atoms with Crippen LogP contribution in [-0.4, -0.2) is 36.0 Å². The van der Waals surface area contributed by atoms with Crippen molar-refractivity contribution in [2.45, 2.75) is 26.3 Å². The summed E-state index contributed by atoms with van der Waals surface area (Å²) in [6, 6.07) is 6.71. The van der Waals surface area contributed by atoms with Gasteiger partial charge in [-0.3, -0.25) is 4.79 Å². The van der Waals surface area contributed by atoms with Gasteiger partial charge in [-0.05, 0) is 32.9 Å². The van der Waals surface area contributed by atoms with E-state index in [2.05, 4.69) is 0 Å². The largest absolute Gasteiger partial charge is 0.495 e. The number of urea groups is 1. The Bertz CT molecular complexity index is 520. The Morgan fingerprint density at radius 2 is 1.79 bits per heavy atom. The molecule has 1 aromatic carbocycles. The Morgan fingerprint density at radius 1 is 1.16 bits per heavy atom. The van der Waals surface area contributed by atoms with Crippen LogP contribution in [0.2, 0.25) is 0 Å². The van der Waals surface area contributed by atoms with E-state index in [0.29, 0.717) is 11.4 Å². The number of hydrogen-bond donors (Lipinski definition) is 0. The Kier molecular flexibility index (Phi) is 3.22. The predicted molar refractivity (Wildman–Crippen MR) is 72.3 cm³/mol. The minimum Gasteiger partial charge on any atom is -0.495 e. The van der Waals surface area contributed by atoms with Crippen molar-refractivity contribution >= 4 is 17.6 Å². The molecule has 5 heteroatoms. The van der Waals surface area contributed by atoms with Crippen LogP contribution in [0.1, 0.15) is 20.8 Å². The smallest absolute Gasteiger partial charge is 0.332 e. The first-order valence-electron chi connectivity index (χ1n) is 6.14. The summed E-state index contributed by atoms with van der Waals surface area (Å²) in [5.41, 5.74) is 0.107. The zero-order chi connectivity index (χ0) is 14.2. The van der Waals surface area contributed by atoms with Crippen LogP contribution in [0.25, 0.3) is 0 Å². The van der Waals surface area contributed by atoms with Gasteiger partial charge in [0, 0.05) is 5.54 Å². The van der Waals surface area contributed by atoms with Crippen LogP contribution < -0.4 is 9.64 Å². The van der Waals surface area contributed by atoms with Crippen molar-refractivity contribution in [2.75, 3.05) is 18.6 Å². The van der Waals surface area contributed by atoms with Crippen molar-refractivity contribution in [1.29, 1.82) is 0 Å². The fraction of sp³-hybridized carbons (Fsp3) is 0.429. The van der Waals surface area contributed by atoms with E-state index in [4.69, 9.17) is 4.74 Å². The zero-order valence-electron chi connectivity index (χ0n) is 11.6. The van der Waals surface area contributed by atoms with Crippen LogP contribution in [0.15, 0.2) is 24.3 Å². The number of rotatable bonds is 2. The van der Waals surface area contributed by atoms with Crippen molar-refractivity contribution in [3.63, 3.8) is 0 Å². The molecule has 0 unspecified atom stereocenters. The molecule has 0 radical (unpaired) electrons. The molecule has 0 N–H and O–H groups in total. The first-order valence-corrected chi connectivity index (χ1v) is 6.14. The number of amides is 3. The van der Waals surface area contributed by atoms with E-state index >= 15 is 0 Å². The lowest BCUT2D eigenvalue weighted by molar-refractivity contribution is -0.117. The van der Waals surface area contributed by atoms with Gasteiger partial charge in [-0.1, -0.05) is 12.1 Å². The summed E-state index contributed by atoms with van der Waals surface area (Å²) in [4.78, 5) is 27.3. The highest BCUT2D eigenvalue weighted by Crippen LogP contribution is 2.32. The number of benzene rings is 1. The molecule has 1 fully saturated rings. The molecule has 0 atom stereocenters. The number of methoxy groups -OCH3 is 1. The predicted octanol–water partition coefficient (Wildman–Crippen LogP) is 2.26. The van der Waals surface area contributed by atoms with Gasteiger partial charge in [-0.15, -0.1) is 0 Å². The average molecular weight is 262 g/mol. The summed E-state index contributed by atoms with van der Waals surface area (Å²) >= 11 is 0. The van der Waals surface area contributed by atoms with Crippen LogP contribution in [0.5, 0.6) is 5.75 Å². The Labute approximate surface area is 112 Å². The fourth-order valence-corrected chi connectivity index (χ4v) is 2.08.